The van der Waals surface area contributed by atoms with Crippen molar-refractivity contribution in [2.45, 2.75) is 51.6 Å². The average molecular weight is 262 g/mol. The molecule has 0 aliphatic rings. The molecule has 2 heteroatoms. The van der Waals surface area contributed by atoms with Gasteiger partial charge in [-0.15, -0.1) is 0 Å². The topological polar surface area (TPSA) is 15.3 Å². The minimum atomic E-state index is 0.430. The predicted octanol–water partition coefficient (Wildman–Crippen LogP) is 3.85. The quantitative estimate of drug-likeness (QED) is 0.727. The molecular formula is C17H30N2. The standard InChI is InChI=1S/C17H30N2/c1-5-10-16(11-6-2)18-17(14-19(3)4)15-12-8-7-9-13-15/h7-9,12-13,16-18H,5-6,10-11,14H2,1-4H3. The Morgan fingerprint density at radius 2 is 1.58 bits per heavy atom. The van der Waals surface area contributed by atoms with Crippen molar-refractivity contribution in [1.82, 2.24) is 10.2 Å². The van der Waals surface area contributed by atoms with Crippen LogP contribution in [0.4, 0.5) is 0 Å². The van der Waals surface area contributed by atoms with Gasteiger partial charge in [-0.05, 0) is 32.5 Å². The van der Waals surface area contributed by atoms with E-state index in [9.17, 15) is 0 Å². The molecule has 1 aromatic carbocycles. The SMILES string of the molecule is CCCC(CCC)NC(CN(C)C)c1ccccc1. The Bertz CT molecular complexity index is 315. The van der Waals surface area contributed by atoms with Crippen molar-refractivity contribution in [3.8, 4) is 0 Å². The molecule has 0 saturated carbocycles. The third-order valence-electron chi connectivity index (χ3n) is 3.46. The molecule has 108 valence electrons. The van der Waals surface area contributed by atoms with Gasteiger partial charge in [-0.2, -0.15) is 0 Å². The van der Waals surface area contributed by atoms with Gasteiger partial charge < -0.3 is 10.2 Å². The first-order chi connectivity index (χ1) is 9.17. The van der Waals surface area contributed by atoms with Gasteiger partial charge in [0.25, 0.3) is 0 Å². The van der Waals surface area contributed by atoms with Crippen molar-refractivity contribution in [1.29, 1.82) is 0 Å². The highest BCUT2D eigenvalue weighted by Crippen LogP contribution is 2.17. The van der Waals surface area contributed by atoms with Crippen LogP contribution in [0.25, 0.3) is 0 Å². The van der Waals surface area contributed by atoms with Crippen molar-refractivity contribution in [3.05, 3.63) is 35.9 Å². The fourth-order valence-corrected chi connectivity index (χ4v) is 2.60. The zero-order chi connectivity index (χ0) is 14.1. The van der Waals surface area contributed by atoms with Crippen molar-refractivity contribution < 1.29 is 0 Å². The summed E-state index contributed by atoms with van der Waals surface area (Å²) in [4.78, 5) is 2.26. The lowest BCUT2D eigenvalue weighted by Gasteiger charge is -2.28. The van der Waals surface area contributed by atoms with Gasteiger partial charge >= 0.3 is 0 Å². The molecule has 0 saturated heterocycles. The van der Waals surface area contributed by atoms with Crippen molar-refractivity contribution in [3.63, 3.8) is 0 Å². The van der Waals surface area contributed by atoms with Crippen LogP contribution in [0.3, 0.4) is 0 Å². The van der Waals surface area contributed by atoms with Crippen LogP contribution >= 0.6 is 0 Å². The zero-order valence-corrected chi connectivity index (χ0v) is 13.0. The molecule has 0 bridgehead atoms. The van der Waals surface area contributed by atoms with Gasteiger partial charge in [0.15, 0.2) is 0 Å². The molecule has 2 nitrogen and oxygen atoms in total. The summed E-state index contributed by atoms with van der Waals surface area (Å²) < 4.78 is 0. The van der Waals surface area contributed by atoms with Crippen LogP contribution < -0.4 is 5.32 Å². The summed E-state index contributed by atoms with van der Waals surface area (Å²) in [6, 6.07) is 11.9. The fourth-order valence-electron chi connectivity index (χ4n) is 2.60. The number of rotatable bonds is 9. The minimum Gasteiger partial charge on any atom is -0.308 e. The Morgan fingerprint density at radius 3 is 2.05 bits per heavy atom. The van der Waals surface area contributed by atoms with Crippen LogP contribution in [0.5, 0.6) is 0 Å². The van der Waals surface area contributed by atoms with Gasteiger partial charge in [-0.3, -0.25) is 0 Å². The Labute approximate surface area is 119 Å². The molecule has 0 aliphatic heterocycles. The first-order valence-electron chi connectivity index (χ1n) is 7.63. The normalized spacial score (nSPS) is 13.2. The van der Waals surface area contributed by atoms with Crippen LogP contribution in [0.1, 0.15) is 51.1 Å². The summed E-state index contributed by atoms with van der Waals surface area (Å²) in [5.41, 5.74) is 1.40. The van der Waals surface area contributed by atoms with E-state index in [4.69, 9.17) is 0 Å². The van der Waals surface area contributed by atoms with E-state index in [1.165, 1.54) is 31.2 Å². The number of benzene rings is 1. The van der Waals surface area contributed by atoms with E-state index in [0.717, 1.165) is 6.54 Å². The summed E-state index contributed by atoms with van der Waals surface area (Å²) in [7, 11) is 4.29. The number of nitrogens with zero attached hydrogens (tertiary/aromatic N) is 1. The smallest absolute Gasteiger partial charge is 0.0451 e. The number of likely N-dealkylation sites (N-methyl/N-ethyl adjacent to an activating group) is 1. The Hall–Kier alpha value is -0.860. The van der Waals surface area contributed by atoms with Gasteiger partial charge in [0.1, 0.15) is 0 Å². The van der Waals surface area contributed by atoms with E-state index in [-0.39, 0.29) is 0 Å². The van der Waals surface area contributed by atoms with Crippen LogP contribution in [-0.4, -0.2) is 31.6 Å². The van der Waals surface area contributed by atoms with E-state index in [2.05, 4.69) is 68.5 Å². The van der Waals surface area contributed by atoms with Gasteiger partial charge in [0.05, 0.1) is 0 Å². The van der Waals surface area contributed by atoms with E-state index in [1.807, 2.05) is 0 Å². The molecule has 1 unspecified atom stereocenters. The minimum absolute atomic E-state index is 0.430. The molecule has 1 N–H and O–H groups in total. The molecule has 0 heterocycles. The van der Waals surface area contributed by atoms with Crippen LogP contribution in [-0.2, 0) is 0 Å². The third kappa shape index (κ3) is 6.22. The average Bonchev–Trinajstić information content (AvgIpc) is 2.39. The van der Waals surface area contributed by atoms with Gasteiger partial charge in [0.2, 0.25) is 0 Å². The maximum absolute atomic E-state index is 3.86. The van der Waals surface area contributed by atoms with E-state index < -0.39 is 0 Å². The second kappa shape index (κ2) is 9.11. The lowest BCUT2D eigenvalue weighted by atomic mass is 10.0. The summed E-state index contributed by atoms with van der Waals surface area (Å²) in [6.07, 6.45) is 5.04. The van der Waals surface area contributed by atoms with Gasteiger partial charge in [-0.25, -0.2) is 0 Å². The molecule has 0 aliphatic carbocycles. The highest BCUT2D eigenvalue weighted by atomic mass is 15.1. The van der Waals surface area contributed by atoms with Crippen LogP contribution in [0, 0.1) is 0 Å². The second-order valence-corrected chi connectivity index (χ2v) is 5.67. The first kappa shape index (κ1) is 16.2. The largest absolute Gasteiger partial charge is 0.308 e. The maximum Gasteiger partial charge on any atom is 0.0451 e. The Balaban J connectivity index is 2.73. The highest BCUT2D eigenvalue weighted by Gasteiger charge is 2.16. The van der Waals surface area contributed by atoms with Crippen LogP contribution in [0.2, 0.25) is 0 Å². The molecule has 0 amide bonds. The zero-order valence-electron chi connectivity index (χ0n) is 13.0. The van der Waals surface area contributed by atoms with Crippen LogP contribution in [0.15, 0.2) is 30.3 Å². The number of hydrogen-bond acceptors (Lipinski definition) is 2. The molecule has 0 aromatic heterocycles. The Morgan fingerprint density at radius 1 is 1.00 bits per heavy atom. The summed E-state index contributed by atoms with van der Waals surface area (Å²) in [6.45, 7) is 5.59. The van der Waals surface area contributed by atoms with Crippen molar-refractivity contribution in [2.24, 2.45) is 0 Å². The first-order valence-corrected chi connectivity index (χ1v) is 7.63. The van der Waals surface area contributed by atoms with E-state index >= 15 is 0 Å². The van der Waals surface area contributed by atoms with E-state index in [1.54, 1.807) is 0 Å². The van der Waals surface area contributed by atoms with Gasteiger partial charge in [0, 0.05) is 18.6 Å². The number of hydrogen-bond donors (Lipinski definition) is 1. The Kier molecular flexibility index (Phi) is 7.76. The van der Waals surface area contributed by atoms with Crippen molar-refractivity contribution >= 4 is 0 Å². The predicted molar refractivity (Wildman–Crippen MR) is 84.5 cm³/mol. The summed E-state index contributed by atoms with van der Waals surface area (Å²) in [5, 5.41) is 3.86. The maximum atomic E-state index is 3.86. The van der Waals surface area contributed by atoms with Crippen molar-refractivity contribution in [2.75, 3.05) is 20.6 Å². The lowest BCUT2D eigenvalue weighted by molar-refractivity contribution is 0.305. The summed E-state index contributed by atoms with van der Waals surface area (Å²) in [5.74, 6) is 0. The highest BCUT2D eigenvalue weighted by molar-refractivity contribution is 5.19. The molecule has 1 atom stereocenters. The molecule has 0 fully saturated rings. The third-order valence-corrected chi connectivity index (χ3v) is 3.46. The molecule has 0 radical (unpaired) electrons. The van der Waals surface area contributed by atoms with E-state index in [0.29, 0.717) is 12.1 Å². The molecule has 1 rings (SSSR count). The summed E-state index contributed by atoms with van der Waals surface area (Å²) >= 11 is 0. The van der Waals surface area contributed by atoms with Gasteiger partial charge in [-0.1, -0.05) is 57.0 Å². The second-order valence-electron chi connectivity index (χ2n) is 5.67. The lowest BCUT2D eigenvalue weighted by Crippen LogP contribution is -2.38. The molecule has 0 spiro atoms. The molecular weight excluding hydrogens is 232 g/mol. The molecule has 1 aromatic rings. The monoisotopic (exact) mass is 262 g/mol. The fraction of sp³-hybridized carbons (Fsp3) is 0.647. The molecule has 19 heavy (non-hydrogen) atoms. The number of nitrogens with one attached hydrogen (secondary N) is 1.